The van der Waals surface area contributed by atoms with Gasteiger partial charge in [0.1, 0.15) is 0 Å². The zero-order valence-corrected chi connectivity index (χ0v) is 10.8. The van der Waals surface area contributed by atoms with E-state index in [9.17, 15) is 18.3 Å². The lowest BCUT2D eigenvalue weighted by Crippen LogP contribution is -2.33. The number of sulfone groups is 1. The summed E-state index contributed by atoms with van der Waals surface area (Å²) >= 11 is 0. The summed E-state index contributed by atoms with van der Waals surface area (Å²) in [5.74, 6) is -1.83. The van der Waals surface area contributed by atoms with E-state index in [0.29, 0.717) is 5.56 Å². The summed E-state index contributed by atoms with van der Waals surface area (Å²) in [6, 6.07) is 6.56. The molecule has 1 aliphatic heterocycles. The van der Waals surface area contributed by atoms with Crippen LogP contribution in [0.15, 0.2) is 41.8 Å². The van der Waals surface area contributed by atoms with Crippen molar-refractivity contribution in [3.63, 3.8) is 0 Å². The monoisotopic (exact) mass is 266 g/mol. The number of carboxylic acids is 1. The lowest BCUT2D eigenvalue weighted by molar-refractivity contribution is -0.146. The van der Waals surface area contributed by atoms with Crippen LogP contribution in [0.1, 0.15) is 18.4 Å². The predicted octanol–water partition coefficient (Wildman–Crippen LogP) is 1.83. The minimum Gasteiger partial charge on any atom is -0.481 e. The third-order valence-corrected chi connectivity index (χ3v) is 5.44. The fourth-order valence-electron chi connectivity index (χ4n) is 2.33. The highest BCUT2D eigenvalue weighted by Gasteiger charge is 2.47. The van der Waals surface area contributed by atoms with Gasteiger partial charge in [0.2, 0.25) is 0 Å². The maximum absolute atomic E-state index is 12.0. The second kappa shape index (κ2) is 3.95. The van der Waals surface area contributed by atoms with Crippen LogP contribution in [0.4, 0.5) is 0 Å². The molecule has 0 spiro atoms. The molecule has 1 aromatic carbocycles. The number of hydrogen-bond donors (Lipinski definition) is 1. The molecule has 1 aromatic rings. The van der Waals surface area contributed by atoms with Crippen molar-refractivity contribution in [2.45, 2.75) is 17.7 Å². The Bertz CT molecular complexity index is 618. The first kappa shape index (κ1) is 12.8. The highest BCUT2D eigenvalue weighted by atomic mass is 32.2. The molecule has 4 nitrogen and oxygen atoms in total. The molecule has 96 valence electrons. The van der Waals surface area contributed by atoms with Crippen LogP contribution < -0.4 is 0 Å². The summed E-state index contributed by atoms with van der Waals surface area (Å²) in [6.45, 7) is 5.05. The lowest BCUT2D eigenvalue weighted by Gasteiger charge is -2.27. The number of carbonyl (C=O) groups is 1. The highest BCUT2D eigenvalue weighted by molar-refractivity contribution is 7.91. The fraction of sp³-hybridized carbons (Fsp3) is 0.308. The molecule has 2 rings (SSSR count). The summed E-state index contributed by atoms with van der Waals surface area (Å²) in [6.07, 6.45) is 1.32. The van der Waals surface area contributed by atoms with Gasteiger partial charge < -0.3 is 5.11 Å². The second-order valence-corrected chi connectivity index (χ2v) is 6.67. The molecular weight excluding hydrogens is 252 g/mol. The van der Waals surface area contributed by atoms with Crippen LogP contribution in [0.2, 0.25) is 0 Å². The molecule has 0 saturated carbocycles. The molecule has 1 N–H and O–H groups in total. The number of carboxylic acid groups (broad SMARTS) is 1. The van der Waals surface area contributed by atoms with E-state index in [1.807, 2.05) is 0 Å². The molecular formula is C13H14O4S. The molecule has 0 aromatic heterocycles. The molecule has 0 fully saturated rings. The van der Waals surface area contributed by atoms with E-state index in [0.717, 1.165) is 0 Å². The maximum Gasteiger partial charge on any atom is 0.313 e. The number of hydrogen-bond acceptors (Lipinski definition) is 3. The van der Waals surface area contributed by atoms with E-state index in [1.165, 1.54) is 19.1 Å². The van der Waals surface area contributed by atoms with Crippen LogP contribution in [0, 0.1) is 5.41 Å². The molecule has 5 heteroatoms. The van der Waals surface area contributed by atoms with E-state index in [-0.39, 0.29) is 10.6 Å². The molecule has 1 heterocycles. The number of benzene rings is 1. The van der Waals surface area contributed by atoms with E-state index < -0.39 is 27.1 Å². The minimum atomic E-state index is -3.39. The van der Waals surface area contributed by atoms with Gasteiger partial charge in [0.25, 0.3) is 0 Å². The van der Waals surface area contributed by atoms with Crippen molar-refractivity contribution in [3.8, 4) is 0 Å². The average molecular weight is 266 g/mol. The Morgan fingerprint density at radius 1 is 1.50 bits per heavy atom. The van der Waals surface area contributed by atoms with E-state index in [2.05, 4.69) is 6.58 Å². The zero-order chi connectivity index (χ0) is 13.6. The fourth-order valence-corrected chi connectivity index (χ4v) is 4.32. The Balaban J connectivity index is 2.65. The van der Waals surface area contributed by atoms with Crippen molar-refractivity contribution in [2.24, 2.45) is 5.41 Å². The van der Waals surface area contributed by atoms with Crippen molar-refractivity contribution in [1.82, 2.24) is 0 Å². The van der Waals surface area contributed by atoms with Gasteiger partial charge >= 0.3 is 5.97 Å². The van der Waals surface area contributed by atoms with Crippen molar-refractivity contribution in [3.05, 3.63) is 42.5 Å². The molecule has 2 unspecified atom stereocenters. The van der Waals surface area contributed by atoms with Crippen LogP contribution >= 0.6 is 0 Å². The molecule has 1 aliphatic rings. The summed E-state index contributed by atoms with van der Waals surface area (Å²) in [7, 11) is -3.39. The van der Waals surface area contributed by atoms with Gasteiger partial charge in [0.15, 0.2) is 9.84 Å². The normalized spacial score (nSPS) is 23.9. The highest BCUT2D eigenvalue weighted by Crippen LogP contribution is 2.46. The maximum atomic E-state index is 12.0. The van der Waals surface area contributed by atoms with Gasteiger partial charge in [-0.1, -0.05) is 24.3 Å². The number of aliphatic carboxylic acids is 1. The second-order valence-electron chi connectivity index (χ2n) is 4.66. The first-order valence-corrected chi connectivity index (χ1v) is 7.17. The van der Waals surface area contributed by atoms with Gasteiger partial charge in [-0.2, -0.15) is 0 Å². The molecule has 0 bridgehead atoms. The van der Waals surface area contributed by atoms with Crippen molar-refractivity contribution < 1.29 is 18.3 Å². The van der Waals surface area contributed by atoms with E-state index in [1.54, 1.807) is 18.2 Å². The Labute approximate surface area is 106 Å². The first-order valence-electron chi connectivity index (χ1n) is 5.51. The van der Waals surface area contributed by atoms with Crippen molar-refractivity contribution in [1.29, 1.82) is 0 Å². The smallest absolute Gasteiger partial charge is 0.313 e. The van der Waals surface area contributed by atoms with Crippen LogP contribution in [-0.2, 0) is 14.6 Å². The molecule has 0 radical (unpaired) electrons. The lowest BCUT2D eigenvalue weighted by atomic mass is 9.74. The van der Waals surface area contributed by atoms with Crippen molar-refractivity contribution >= 4 is 15.8 Å². The zero-order valence-electron chi connectivity index (χ0n) is 9.96. The minimum absolute atomic E-state index is 0.179. The third-order valence-electron chi connectivity index (χ3n) is 3.62. The van der Waals surface area contributed by atoms with Crippen LogP contribution in [0.25, 0.3) is 0 Å². The van der Waals surface area contributed by atoms with Gasteiger partial charge in [-0.05, 0) is 18.6 Å². The Hall–Kier alpha value is -1.62. The summed E-state index contributed by atoms with van der Waals surface area (Å²) < 4.78 is 24.0. The van der Waals surface area contributed by atoms with Gasteiger partial charge in [0, 0.05) is 5.92 Å². The number of rotatable bonds is 3. The molecule has 0 amide bonds. The Kier molecular flexibility index (Phi) is 2.81. The Morgan fingerprint density at radius 3 is 2.67 bits per heavy atom. The SMILES string of the molecule is C=CC(C)(C(=O)O)C1CS(=O)(=O)c2ccccc21. The average Bonchev–Trinajstić information content (AvgIpc) is 2.61. The molecule has 18 heavy (non-hydrogen) atoms. The Morgan fingerprint density at radius 2 is 2.11 bits per heavy atom. The van der Waals surface area contributed by atoms with Gasteiger partial charge in [-0.15, -0.1) is 6.58 Å². The standard InChI is InChI=1S/C13H14O4S/c1-3-13(2,12(14)15)10-8-18(16,17)11-7-5-4-6-9(10)11/h3-7,10H,1,8H2,2H3,(H,14,15). The summed E-state index contributed by atoms with van der Waals surface area (Å²) in [5, 5.41) is 9.32. The van der Waals surface area contributed by atoms with Crippen LogP contribution in [-0.4, -0.2) is 25.2 Å². The number of fused-ring (bicyclic) bond motifs is 1. The van der Waals surface area contributed by atoms with Gasteiger partial charge in [-0.25, -0.2) is 8.42 Å². The van der Waals surface area contributed by atoms with Gasteiger partial charge in [-0.3, -0.25) is 4.79 Å². The molecule has 2 atom stereocenters. The summed E-state index contributed by atoms with van der Waals surface area (Å²) in [5.41, 5.74) is -0.707. The van der Waals surface area contributed by atoms with E-state index >= 15 is 0 Å². The van der Waals surface area contributed by atoms with E-state index in [4.69, 9.17) is 0 Å². The molecule has 0 saturated heterocycles. The first-order chi connectivity index (χ1) is 8.33. The quantitative estimate of drug-likeness (QED) is 0.847. The van der Waals surface area contributed by atoms with Gasteiger partial charge in [0.05, 0.1) is 16.1 Å². The van der Waals surface area contributed by atoms with Crippen LogP contribution in [0.3, 0.4) is 0 Å². The van der Waals surface area contributed by atoms with Crippen LogP contribution in [0.5, 0.6) is 0 Å². The summed E-state index contributed by atoms with van der Waals surface area (Å²) in [4.78, 5) is 11.6. The molecule has 0 aliphatic carbocycles. The topological polar surface area (TPSA) is 71.4 Å². The predicted molar refractivity (Wildman–Crippen MR) is 67.2 cm³/mol. The van der Waals surface area contributed by atoms with Crippen molar-refractivity contribution in [2.75, 3.05) is 5.75 Å². The third kappa shape index (κ3) is 1.66. The largest absolute Gasteiger partial charge is 0.481 e.